The molecule has 3 heterocycles. The summed E-state index contributed by atoms with van der Waals surface area (Å²) in [6, 6.07) is 2.85. The van der Waals surface area contributed by atoms with Crippen molar-refractivity contribution in [2.75, 3.05) is 6.61 Å². The summed E-state index contributed by atoms with van der Waals surface area (Å²) >= 11 is 0. The Hall–Kier alpha value is -2.28. The van der Waals surface area contributed by atoms with Gasteiger partial charge in [-0.15, -0.1) is 0 Å². The predicted molar refractivity (Wildman–Crippen MR) is 84.3 cm³/mol. The second-order valence-corrected chi connectivity index (χ2v) is 7.33. The molecular weight excluding hydrogens is 330 g/mol. The highest BCUT2D eigenvalue weighted by Crippen LogP contribution is 2.29. The van der Waals surface area contributed by atoms with Crippen molar-refractivity contribution in [1.29, 1.82) is 5.26 Å². The van der Waals surface area contributed by atoms with Gasteiger partial charge in [0.25, 0.3) is 0 Å². The minimum Gasteiger partial charge on any atom is -0.369 e. The third kappa shape index (κ3) is 3.03. The lowest BCUT2D eigenvalue weighted by atomic mass is 10.1. The van der Waals surface area contributed by atoms with E-state index in [1.54, 1.807) is 23.9 Å². The summed E-state index contributed by atoms with van der Waals surface area (Å²) in [5.74, 6) is 0.667. The van der Waals surface area contributed by atoms with Gasteiger partial charge in [-0.25, -0.2) is 18.1 Å². The van der Waals surface area contributed by atoms with Crippen LogP contribution in [0.4, 0.5) is 0 Å². The van der Waals surface area contributed by atoms with Gasteiger partial charge < -0.3 is 9.30 Å². The van der Waals surface area contributed by atoms with Crippen LogP contribution in [0.2, 0.25) is 0 Å². The first-order chi connectivity index (χ1) is 11.4. The highest BCUT2D eigenvalue weighted by molar-refractivity contribution is 7.89. The maximum absolute atomic E-state index is 12.6. The zero-order valence-corrected chi connectivity index (χ0v) is 14.1. The molecule has 0 amide bonds. The number of pyridine rings is 1. The normalized spacial score (nSPS) is 20.9. The van der Waals surface area contributed by atoms with Crippen molar-refractivity contribution in [3.8, 4) is 6.07 Å². The van der Waals surface area contributed by atoms with E-state index in [4.69, 9.17) is 10.00 Å². The molecule has 0 unspecified atom stereocenters. The molecular formula is C15H17N5O3S. The Morgan fingerprint density at radius 3 is 2.92 bits per heavy atom. The first-order valence-electron chi connectivity index (χ1n) is 7.40. The van der Waals surface area contributed by atoms with Crippen LogP contribution in [0.5, 0.6) is 0 Å². The molecule has 0 bridgehead atoms. The highest BCUT2D eigenvalue weighted by atomic mass is 32.2. The predicted octanol–water partition coefficient (Wildman–Crippen LogP) is 0.804. The highest BCUT2D eigenvalue weighted by Gasteiger charge is 2.35. The molecule has 1 aliphatic heterocycles. The Bertz CT molecular complexity index is 900. The number of nitriles is 1. The molecule has 0 spiro atoms. The van der Waals surface area contributed by atoms with Gasteiger partial charge in [0.05, 0.1) is 17.3 Å². The Labute approximate surface area is 140 Å². The van der Waals surface area contributed by atoms with E-state index in [1.807, 2.05) is 13.1 Å². The number of rotatable bonds is 4. The Morgan fingerprint density at radius 1 is 1.46 bits per heavy atom. The molecule has 9 heteroatoms. The Balaban J connectivity index is 1.87. The zero-order valence-electron chi connectivity index (χ0n) is 13.3. The van der Waals surface area contributed by atoms with Crippen LogP contribution in [-0.4, -0.2) is 35.6 Å². The van der Waals surface area contributed by atoms with E-state index in [1.165, 1.54) is 12.3 Å². The van der Waals surface area contributed by atoms with Crippen molar-refractivity contribution >= 4 is 10.0 Å². The van der Waals surface area contributed by atoms with Crippen LogP contribution in [0.15, 0.2) is 29.6 Å². The summed E-state index contributed by atoms with van der Waals surface area (Å²) in [5, 5.41) is 9.05. The average Bonchev–Trinajstić information content (AvgIpc) is 3.15. The second kappa shape index (κ2) is 6.32. The van der Waals surface area contributed by atoms with Gasteiger partial charge in [0.1, 0.15) is 22.9 Å². The van der Waals surface area contributed by atoms with Crippen LogP contribution in [0.25, 0.3) is 0 Å². The van der Waals surface area contributed by atoms with Gasteiger partial charge in [0, 0.05) is 32.2 Å². The molecule has 0 aliphatic carbocycles. The molecule has 1 aliphatic rings. The van der Waals surface area contributed by atoms with Crippen molar-refractivity contribution < 1.29 is 13.2 Å². The molecule has 1 saturated heterocycles. The number of ether oxygens (including phenoxy) is 1. The smallest absolute Gasteiger partial charge is 0.242 e. The average molecular weight is 347 g/mol. The first-order valence-corrected chi connectivity index (χ1v) is 8.88. The molecule has 126 valence electrons. The zero-order chi connectivity index (χ0) is 17.3. The van der Waals surface area contributed by atoms with E-state index in [-0.39, 0.29) is 10.5 Å². The molecule has 1 N–H and O–H groups in total. The van der Waals surface area contributed by atoms with Crippen molar-refractivity contribution in [1.82, 2.24) is 19.3 Å². The molecule has 24 heavy (non-hydrogen) atoms. The van der Waals surface area contributed by atoms with E-state index in [0.29, 0.717) is 24.5 Å². The molecule has 2 aromatic rings. The van der Waals surface area contributed by atoms with E-state index in [0.717, 1.165) is 0 Å². The minimum atomic E-state index is -3.81. The number of hydrogen-bond acceptors (Lipinski definition) is 6. The van der Waals surface area contributed by atoms with Crippen molar-refractivity contribution in [3.63, 3.8) is 0 Å². The number of sulfonamides is 1. The van der Waals surface area contributed by atoms with Gasteiger partial charge in [0.2, 0.25) is 10.0 Å². The molecule has 0 radical (unpaired) electrons. The molecule has 8 nitrogen and oxygen atoms in total. The van der Waals surface area contributed by atoms with Crippen LogP contribution in [-0.2, 0) is 21.8 Å². The largest absolute Gasteiger partial charge is 0.369 e. The fraction of sp³-hybridized carbons (Fsp3) is 0.400. The van der Waals surface area contributed by atoms with Crippen LogP contribution in [0.3, 0.4) is 0 Å². The number of aryl methyl sites for hydroxylation is 2. The van der Waals surface area contributed by atoms with Crippen molar-refractivity contribution in [2.45, 2.75) is 30.4 Å². The van der Waals surface area contributed by atoms with E-state index in [2.05, 4.69) is 14.7 Å². The third-order valence-electron chi connectivity index (χ3n) is 4.00. The van der Waals surface area contributed by atoms with Crippen LogP contribution < -0.4 is 4.72 Å². The minimum absolute atomic E-state index is 0.0323. The fourth-order valence-corrected chi connectivity index (χ4v) is 3.90. The first kappa shape index (κ1) is 16.6. The number of imidazole rings is 1. The quantitative estimate of drug-likeness (QED) is 0.876. The Morgan fingerprint density at radius 2 is 2.25 bits per heavy atom. The van der Waals surface area contributed by atoms with Crippen LogP contribution in [0.1, 0.15) is 29.6 Å². The van der Waals surface area contributed by atoms with E-state index >= 15 is 0 Å². The number of nitrogens with one attached hydrogen (secondary N) is 1. The summed E-state index contributed by atoms with van der Waals surface area (Å²) in [4.78, 5) is 8.19. The lowest BCUT2D eigenvalue weighted by Crippen LogP contribution is -2.37. The summed E-state index contributed by atoms with van der Waals surface area (Å²) in [6.45, 7) is 2.10. The number of aromatic nitrogens is 3. The molecule has 0 aromatic carbocycles. The second-order valence-electron chi connectivity index (χ2n) is 5.62. The lowest BCUT2D eigenvalue weighted by Gasteiger charge is -2.19. The summed E-state index contributed by atoms with van der Waals surface area (Å²) in [5.41, 5.74) is 0.729. The standard InChI is InChI=1S/C15H17N5O3S/c1-10-11(8-16)7-12(9-18-10)24(21,22)19-13-3-6-23-14(13)15-17-4-5-20(15)2/h4-5,7,9,13-14,19H,3,6H2,1-2H3/t13-,14-/m0/s1. The maximum atomic E-state index is 12.6. The Kier molecular flexibility index (Phi) is 4.36. The summed E-state index contributed by atoms with van der Waals surface area (Å²) in [7, 11) is -1.98. The van der Waals surface area contributed by atoms with Crippen molar-refractivity contribution in [3.05, 3.63) is 41.7 Å². The van der Waals surface area contributed by atoms with E-state index in [9.17, 15) is 8.42 Å². The van der Waals surface area contributed by atoms with Gasteiger partial charge in [-0.1, -0.05) is 0 Å². The molecule has 0 saturated carbocycles. The summed E-state index contributed by atoms with van der Waals surface area (Å²) < 4.78 is 35.4. The third-order valence-corrected chi connectivity index (χ3v) is 5.46. The van der Waals surface area contributed by atoms with Crippen LogP contribution >= 0.6 is 0 Å². The number of nitrogens with zero attached hydrogens (tertiary/aromatic N) is 4. The van der Waals surface area contributed by atoms with Gasteiger partial charge in [0.15, 0.2) is 0 Å². The topological polar surface area (TPSA) is 110 Å². The van der Waals surface area contributed by atoms with Crippen LogP contribution in [0, 0.1) is 18.3 Å². The van der Waals surface area contributed by atoms with Gasteiger partial charge in [-0.05, 0) is 19.4 Å². The molecule has 3 rings (SSSR count). The molecule has 1 fully saturated rings. The summed E-state index contributed by atoms with van der Waals surface area (Å²) in [6.07, 6.45) is 4.77. The molecule has 2 atom stereocenters. The maximum Gasteiger partial charge on any atom is 0.242 e. The fourth-order valence-electron chi connectivity index (χ4n) is 2.66. The lowest BCUT2D eigenvalue weighted by molar-refractivity contribution is 0.0933. The molecule has 2 aromatic heterocycles. The number of hydrogen-bond donors (Lipinski definition) is 1. The monoisotopic (exact) mass is 347 g/mol. The van der Waals surface area contributed by atoms with Gasteiger partial charge >= 0.3 is 0 Å². The van der Waals surface area contributed by atoms with E-state index < -0.39 is 22.2 Å². The van der Waals surface area contributed by atoms with Gasteiger partial charge in [-0.2, -0.15) is 5.26 Å². The van der Waals surface area contributed by atoms with Crippen molar-refractivity contribution in [2.24, 2.45) is 7.05 Å². The SMILES string of the molecule is Cc1ncc(S(=O)(=O)N[C@H]2CCO[C@@H]2c2nccn2C)cc1C#N. The van der Waals surface area contributed by atoms with Gasteiger partial charge in [-0.3, -0.25) is 4.98 Å².